The zero-order valence-electron chi connectivity index (χ0n) is 17.2. The molecular formula is C19H23BF5NO4. The third-order valence-electron chi connectivity index (χ3n) is 4.91. The average Bonchev–Trinajstić information content (AvgIpc) is 2.79. The maximum atomic E-state index is 13.0. The van der Waals surface area contributed by atoms with Crippen LogP contribution < -0.4 is 10.1 Å². The number of alkyl halides is 5. The number of rotatable bonds is 6. The molecule has 0 radical (unpaired) electrons. The predicted molar refractivity (Wildman–Crippen MR) is 101 cm³/mol. The van der Waals surface area contributed by atoms with Gasteiger partial charge in [-0.25, -0.2) is 0 Å². The van der Waals surface area contributed by atoms with Crippen molar-refractivity contribution in [2.45, 2.75) is 58.1 Å². The van der Waals surface area contributed by atoms with Gasteiger partial charge < -0.3 is 19.4 Å². The lowest BCUT2D eigenvalue weighted by Crippen LogP contribution is -2.41. The molecule has 1 amide bonds. The molecule has 1 aromatic rings. The average molecular weight is 435 g/mol. The summed E-state index contributed by atoms with van der Waals surface area (Å²) in [6.45, 7) is 8.86. The molecule has 1 heterocycles. The lowest BCUT2D eigenvalue weighted by molar-refractivity contribution is -0.360. The summed E-state index contributed by atoms with van der Waals surface area (Å²) in [4.78, 5) is 11.3. The fourth-order valence-electron chi connectivity index (χ4n) is 2.48. The Kier molecular flexibility index (Phi) is 6.58. The van der Waals surface area contributed by atoms with Crippen molar-refractivity contribution in [3.05, 3.63) is 35.3 Å². The van der Waals surface area contributed by atoms with Gasteiger partial charge in [0, 0.05) is 13.5 Å². The van der Waals surface area contributed by atoms with Crippen molar-refractivity contribution in [1.29, 1.82) is 0 Å². The summed E-state index contributed by atoms with van der Waals surface area (Å²) < 4.78 is 78.6. The van der Waals surface area contributed by atoms with E-state index in [0.29, 0.717) is 11.0 Å². The van der Waals surface area contributed by atoms with Crippen LogP contribution in [-0.4, -0.2) is 43.1 Å². The van der Waals surface area contributed by atoms with Crippen LogP contribution in [0.1, 0.15) is 40.2 Å². The molecule has 1 aromatic carbocycles. The van der Waals surface area contributed by atoms with Crippen LogP contribution in [0.4, 0.5) is 22.0 Å². The molecule has 0 aromatic heterocycles. The van der Waals surface area contributed by atoms with Gasteiger partial charge in [-0.15, -0.1) is 0 Å². The van der Waals surface area contributed by atoms with Crippen LogP contribution in [0.5, 0.6) is 5.75 Å². The smallest absolute Gasteiger partial charge is 0.426 e. The second-order valence-corrected chi connectivity index (χ2v) is 7.90. The van der Waals surface area contributed by atoms with Crippen LogP contribution in [0.25, 0.3) is 6.08 Å². The van der Waals surface area contributed by atoms with Gasteiger partial charge in [-0.2, -0.15) is 22.0 Å². The number of amides is 1. The highest BCUT2D eigenvalue weighted by atomic mass is 19.4. The van der Waals surface area contributed by atoms with E-state index in [1.165, 1.54) is 19.1 Å². The number of halogens is 5. The SMILES string of the molecule is CC(=O)NCC(=Cc1ccc(OC(F)(F)C(F)(F)F)cc1)B1OC(C)(C)C(C)(C)O1. The van der Waals surface area contributed by atoms with Crippen molar-refractivity contribution in [2.24, 2.45) is 0 Å². The summed E-state index contributed by atoms with van der Waals surface area (Å²) in [5.41, 5.74) is -0.257. The third kappa shape index (κ3) is 5.51. The zero-order chi connectivity index (χ0) is 23.0. The summed E-state index contributed by atoms with van der Waals surface area (Å²) >= 11 is 0. The molecular weight excluding hydrogens is 412 g/mol. The van der Waals surface area contributed by atoms with Crippen molar-refractivity contribution in [2.75, 3.05) is 6.54 Å². The van der Waals surface area contributed by atoms with Gasteiger partial charge in [0.25, 0.3) is 0 Å². The van der Waals surface area contributed by atoms with E-state index in [4.69, 9.17) is 9.31 Å². The first-order valence-electron chi connectivity index (χ1n) is 9.08. The Morgan fingerprint density at radius 2 is 1.57 bits per heavy atom. The number of nitrogens with one attached hydrogen (secondary N) is 1. The maximum Gasteiger partial charge on any atom is 0.499 e. The van der Waals surface area contributed by atoms with E-state index in [1.807, 2.05) is 27.7 Å². The van der Waals surface area contributed by atoms with Gasteiger partial charge in [-0.1, -0.05) is 18.2 Å². The number of hydrogen-bond acceptors (Lipinski definition) is 4. The fourth-order valence-corrected chi connectivity index (χ4v) is 2.48. The lowest BCUT2D eigenvalue weighted by atomic mass is 9.77. The molecule has 5 nitrogen and oxygen atoms in total. The molecule has 2 rings (SSSR count). The predicted octanol–water partition coefficient (Wildman–Crippen LogP) is 4.37. The van der Waals surface area contributed by atoms with Crippen molar-refractivity contribution < 1.29 is 40.8 Å². The molecule has 30 heavy (non-hydrogen) atoms. The van der Waals surface area contributed by atoms with E-state index in [2.05, 4.69) is 10.1 Å². The fraction of sp³-hybridized carbons (Fsp3) is 0.526. The molecule has 0 aliphatic carbocycles. The van der Waals surface area contributed by atoms with Gasteiger partial charge >= 0.3 is 19.4 Å². The van der Waals surface area contributed by atoms with Crippen molar-refractivity contribution in [1.82, 2.24) is 5.32 Å². The molecule has 1 aliphatic heterocycles. The number of ether oxygens (including phenoxy) is 1. The van der Waals surface area contributed by atoms with E-state index in [9.17, 15) is 26.7 Å². The minimum Gasteiger partial charge on any atom is -0.426 e. The molecule has 166 valence electrons. The lowest BCUT2D eigenvalue weighted by Gasteiger charge is -2.32. The Bertz CT molecular complexity index is 790. The van der Waals surface area contributed by atoms with Crippen molar-refractivity contribution in [3.8, 4) is 5.75 Å². The van der Waals surface area contributed by atoms with Crippen LogP contribution in [0.2, 0.25) is 0 Å². The molecule has 0 saturated carbocycles. The number of benzene rings is 1. The summed E-state index contributed by atoms with van der Waals surface area (Å²) in [6.07, 6.45) is -9.53. The normalized spacial score (nSPS) is 19.0. The molecule has 1 saturated heterocycles. The first-order chi connectivity index (χ1) is 13.5. The third-order valence-corrected chi connectivity index (χ3v) is 4.91. The monoisotopic (exact) mass is 435 g/mol. The molecule has 0 bridgehead atoms. The topological polar surface area (TPSA) is 56.8 Å². The quantitative estimate of drug-likeness (QED) is 0.533. The molecule has 1 N–H and O–H groups in total. The van der Waals surface area contributed by atoms with Crippen LogP contribution in [0, 0.1) is 0 Å². The Morgan fingerprint density at radius 1 is 1.07 bits per heavy atom. The molecule has 0 atom stereocenters. The van der Waals surface area contributed by atoms with Crippen LogP contribution in [0.15, 0.2) is 29.7 Å². The second kappa shape index (κ2) is 8.18. The Hall–Kier alpha value is -2.14. The van der Waals surface area contributed by atoms with E-state index in [0.717, 1.165) is 12.1 Å². The van der Waals surface area contributed by atoms with Crippen molar-refractivity contribution >= 4 is 19.1 Å². The van der Waals surface area contributed by atoms with E-state index >= 15 is 0 Å². The first-order valence-corrected chi connectivity index (χ1v) is 9.08. The minimum absolute atomic E-state index is 0.0938. The van der Waals surface area contributed by atoms with Crippen LogP contribution in [0.3, 0.4) is 0 Å². The standard InChI is InChI=1S/C19H23BF5NO4/c1-12(27)26-11-14(20-29-16(2,3)17(4,5)30-20)10-13-6-8-15(9-7-13)28-19(24,25)18(21,22)23/h6-10H,11H2,1-5H3,(H,26,27). The summed E-state index contributed by atoms with van der Waals surface area (Å²) in [7, 11) is -0.785. The van der Waals surface area contributed by atoms with Gasteiger partial charge in [-0.05, 0) is 50.9 Å². The van der Waals surface area contributed by atoms with Crippen molar-refractivity contribution in [3.63, 3.8) is 0 Å². The highest BCUT2D eigenvalue weighted by Crippen LogP contribution is 2.39. The number of carbonyl (C=O) groups is 1. The first kappa shape index (κ1) is 24.1. The summed E-state index contributed by atoms with van der Waals surface area (Å²) in [5.74, 6) is -0.927. The summed E-state index contributed by atoms with van der Waals surface area (Å²) in [6, 6.07) is 4.60. The molecule has 11 heteroatoms. The highest BCUT2D eigenvalue weighted by Gasteiger charge is 2.61. The second-order valence-electron chi connectivity index (χ2n) is 7.90. The molecule has 1 aliphatic rings. The van der Waals surface area contributed by atoms with Crippen LogP contribution in [-0.2, 0) is 14.1 Å². The van der Waals surface area contributed by atoms with Gasteiger partial charge in [0.05, 0.1) is 11.2 Å². The Labute approximate surface area is 171 Å². The maximum absolute atomic E-state index is 13.0. The van der Waals surface area contributed by atoms with E-state index in [-0.39, 0.29) is 12.5 Å². The molecule has 0 unspecified atom stereocenters. The van der Waals surface area contributed by atoms with Gasteiger partial charge in [-0.3, -0.25) is 4.79 Å². The van der Waals surface area contributed by atoms with Gasteiger partial charge in [0.1, 0.15) is 5.75 Å². The zero-order valence-corrected chi connectivity index (χ0v) is 17.2. The highest BCUT2D eigenvalue weighted by molar-refractivity contribution is 6.56. The molecule has 1 fully saturated rings. The Balaban J connectivity index is 2.25. The van der Waals surface area contributed by atoms with E-state index in [1.54, 1.807) is 6.08 Å². The summed E-state index contributed by atoms with van der Waals surface area (Å²) in [5, 5.41) is 2.64. The van der Waals surface area contributed by atoms with Gasteiger partial charge in [0.15, 0.2) is 0 Å². The Morgan fingerprint density at radius 3 is 2.00 bits per heavy atom. The largest absolute Gasteiger partial charge is 0.499 e. The molecule has 0 spiro atoms. The number of carbonyl (C=O) groups excluding carboxylic acids is 1. The number of hydrogen-bond donors (Lipinski definition) is 1. The van der Waals surface area contributed by atoms with Crippen LogP contribution >= 0.6 is 0 Å². The van der Waals surface area contributed by atoms with E-state index < -0.39 is 36.4 Å². The van der Waals surface area contributed by atoms with Gasteiger partial charge in [0.2, 0.25) is 5.91 Å². The minimum atomic E-state index is -5.83.